The normalized spacial score (nSPS) is 17.0. The molecule has 0 bridgehead atoms. The van der Waals surface area contributed by atoms with E-state index in [9.17, 15) is 13.0 Å². The van der Waals surface area contributed by atoms with Crippen LogP contribution >= 0.6 is 0 Å². The van der Waals surface area contributed by atoms with Crippen molar-refractivity contribution in [3.05, 3.63) is 29.3 Å². The number of rotatable bonds is 6. The zero-order valence-electron chi connectivity index (χ0n) is 12.8. The summed E-state index contributed by atoms with van der Waals surface area (Å²) in [5.41, 5.74) is 2.02. The fourth-order valence-corrected chi connectivity index (χ4v) is 4.22. The molecule has 0 heterocycles. The summed E-state index contributed by atoms with van der Waals surface area (Å²) >= 11 is 0. The molecule has 0 saturated heterocycles. The number of hydrogen-bond donors (Lipinski definition) is 1. The van der Waals surface area contributed by atoms with E-state index in [1.165, 1.54) is 19.3 Å². The Hall–Kier alpha value is -0.870. The van der Waals surface area contributed by atoms with E-state index in [0.717, 1.165) is 49.7 Å². The van der Waals surface area contributed by atoms with Crippen molar-refractivity contribution in [2.75, 3.05) is 0 Å². The summed E-state index contributed by atoms with van der Waals surface area (Å²) in [6.45, 7) is 2.14. The van der Waals surface area contributed by atoms with Gasteiger partial charge in [0.05, 0.1) is 4.90 Å². The molecule has 1 aromatic carbocycles. The van der Waals surface area contributed by atoms with E-state index in [-0.39, 0.29) is 4.90 Å². The molecule has 3 nitrogen and oxygen atoms in total. The van der Waals surface area contributed by atoms with Gasteiger partial charge in [0.25, 0.3) is 10.1 Å². The summed E-state index contributed by atoms with van der Waals surface area (Å²) in [6.07, 6.45) is 9.89. The van der Waals surface area contributed by atoms with Crippen LogP contribution in [0.2, 0.25) is 0 Å². The second-order valence-corrected chi connectivity index (χ2v) is 7.48. The average Bonchev–Trinajstić information content (AvgIpc) is 2.47. The Morgan fingerprint density at radius 1 is 1.14 bits per heavy atom. The maximum atomic E-state index is 11.7. The summed E-state index contributed by atoms with van der Waals surface area (Å²) in [6, 6.07) is 5.38. The van der Waals surface area contributed by atoms with Gasteiger partial charge in [0.1, 0.15) is 0 Å². The molecule has 0 amide bonds. The molecule has 0 unspecified atom stereocenters. The van der Waals surface area contributed by atoms with E-state index in [0.29, 0.717) is 5.92 Å². The van der Waals surface area contributed by atoms with Crippen molar-refractivity contribution in [3.63, 3.8) is 0 Å². The Bertz CT molecular complexity index is 557. The van der Waals surface area contributed by atoms with Gasteiger partial charge in [-0.1, -0.05) is 51.2 Å². The third kappa shape index (κ3) is 4.30. The lowest BCUT2D eigenvalue weighted by Gasteiger charge is -2.25. The number of hydrogen-bond acceptors (Lipinski definition) is 2. The molecule has 2 rings (SSSR count). The smallest absolute Gasteiger partial charge is 0.282 e. The zero-order chi connectivity index (χ0) is 15.3. The molecule has 1 aromatic rings. The molecular formula is C17H26O3S. The predicted molar refractivity (Wildman–Crippen MR) is 85.3 cm³/mol. The maximum Gasteiger partial charge on any atom is 0.294 e. The Labute approximate surface area is 128 Å². The molecule has 1 fully saturated rings. The molecule has 1 saturated carbocycles. The van der Waals surface area contributed by atoms with Crippen molar-refractivity contribution in [1.82, 2.24) is 0 Å². The molecule has 21 heavy (non-hydrogen) atoms. The van der Waals surface area contributed by atoms with Gasteiger partial charge in [0.15, 0.2) is 0 Å². The van der Waals surface area contributed by atoms with Crippen molar-refractivity contribution in [3.8, 4) is 0 Å². The van der Waals surface area contributed by atoms with Crippen LogP contribution in [0.25, 0.3) is 0 Å². The minimum Gasteiger partial charge on any atom is -0.282 e. The van der Waals surface area contributed by atoms with E-state index in [1.54, 1.807) is 12.1 Å². The van der Waals surface area contributed by atoms with Crippen LogP contribution in [0.3, 0.4) is 0 Å². The third-order valence-electron chi connectivity index (χ3n) is 4.52. The van der Waals surface area contributed by atoms with Gasteiger partial charge in [-0.2, -0.15) is 8.42 Å². The minimum absolute atomic E-state index is 0.127. The van der Waals surface area contributed by atoms with Crippen LogP contribution < -0.4 is 0 Å². The Balaban J connectivity index is 2.37. The fraction of sp³-hybridized carbons (Fsp3) is 0.647. The molecule has 0 aliphatic heterocycles. The third-order valence-corrected chi connectivity index (χ3v) is 5.46. The highest BCUT2D eigenvalue weighted by molar-refractivity contribution is 7.85. The largest absolute Gasteiger partial charge is 0.294 e. The number of unbranched alkanes of at least 4 members (excludes halogenated alkanes) is 2. The van der Waals surface area contributed by atoms with Crippen molar-refractivity contribution in [2.45, 2.75) is 75.5 Å². The van der Waals surface area contributed by atoms with Gasteiger partial charge in [-0.05, 0) is 48.8 Å². The van der Waals surface area contributed by atoms with Gasteiger partial charge in [-0.15, -0.1) is 0 Å². The standard InChI is InChI=1S/C17H26O3S/c1-2-3-5-11-16-15(14-9-6-4-7-10-14)12-8-13-17(16)21(18,19)20/h8,12-14H,2-7,9-11H2,1H3,(H,18,19,20). The van der Waals surface area contributed by atoms with E-state index < -0.39 is 10.1 Å². The highest BCUT2D eigenvalue weighted by Gasteiger charge is 2.23. The monoisotopic (exact) mass is 310 g/mol. The predicted octanol–water partition coefficient (Wildman–Crippen LogP) is 4.71. The van der Waals surface area contributed by atoms with Crippen molar-refractivity contribution >= 4 is 10.1 Å². The molecule has 118 valence electrons. The van der Waals surface area contributed by atoms with Crippen LogP contribution in [0.5, 0.6) is 0 Å². The van der Waals surface area contributed by atoms with Gasteiger partial charge in [-0.3, -0.25) is 4.55 Å². The minimum atomic E-state index is -4.13. The van der Waals surface area contributed by atoms with Crippen LogP contribution in [0.1, 0.15) is 75.3 Å². The summed E-state index contributed by atoms with van der Waals surface area (Å²) in [4.78, 5) is 0.127. The first-order valence-electron chi connectivity index (χ1n) is 8.13. The molecule has 0 aromatic heterocycles. The highest BCUT2D eigenvalue weighted by Crippen LogP contribution is 2.36. The topological polar surface area (TPSA) is 54.4 Å². The molecule has 1 aliphatic rings. The molecule has 0 spiro atoms. The maximum absolute atomic E-state index is 11.7. The van der Waals surface area contributed by atoms with Crippen molar-refractivity contribution in [2.24, 2.45) is 0 Å². The van der Waals surface area contributed by atoms with Crippen LogP contribution in [-0.4, -0.2) is 13.0 Å². The zero-order valence-corrected chi connectivity index (χ0v) is 13.7. The Morgan fingerprint density at radius 3 is 2.48 bits per heavy atom. The van der Waals surface area contributed by atoms with Gasteiger partial charge >= 0.3 is 0 Å². The van der Waals surface area contributed by atoms with Crippen LogP contribution in [0.4, 0.5) is 0 Å². The van der Waals surface area contributed by atoms with Crippen molar-refractivity contribution < 1.29 is 13.0 Å². The van der Waals surface area contributed by atoms with E-state index in [4.69, 9.17) is 0 Å². The fourth-order valence-electron chi connectivity index (χ4n) is 3.44. The van der Waals surface area contributed by atoms with Gasteiger partial charge in [0, 0.05) is 0 Å². The first-order valence-corrected chi connectivity index (χ1v) is 9.57. The first kappa shape index (κ1) is 16.5. The van der Waals surface area contributed by atoms with Crippen molar-refractivity contribution in [1.29, 1.82) is 0 Å². The molecule has 1 aliphatic carbocycles. The van der Waals surface area contributed by atoms with E-state index in [1.807, 2.05) is 0 Å². The van der Waals surface area contributed by atoms with Gasteiger partial charge in [0.2, 0.25) is 0 Å². The van der Waals surface area contributed by atoms with Crippen LogP contribution in [0, 0.1) is 0 Å². The molecular weight excluding hydrogens is 284 g/mol. The second-order valence-electron chi connectivity index (χ2n) is 6.09. The second kappa shape index (κ2) is 7.41. The van der Waals surface area contributed by atoms with Gasteiger partial charge in [-0.25, -0.2) is 0 Å². The lowest BCUT2D eigenvalue weighted by molar-refractivity contribution is 0.439. The molecule has 1 N–H and O–H groups in total. The number of benzene rings is 1. The lowest BCUT2D eigenvalue weighted by atomic mass is 9.81. The summed E-state index contributed by atoms with van der Waals surface area (Å²) in [7, 11) is -4.13. The Morgan fingerprint density at radius 2 is 1.86 bits per heavy atom. The molecule has 4 heteroatoms. The lowest BCUT2D eigenvalue weighted by Crippen LogP contribution is -2.12. The average molecular weight is 310 g/mol. The van der Waals surface area contributed by atoms with Gasteiger partial charge < -0.3 is 0 Å². The first-order chi connectivity index (χ1) is 10.0. The highest BCUT2D eigenvalue weighted by atomic mass is 32.2. The molecule has 0 radical (unpaired) electrons. The Kier molecular flexibility index (Phi) is 5.82. The summed E-state index contributed by atoms with van der Waals surface area (Å²) in [5, 5.41) is 0. The van der Waals surface area contributed by atoms with Crippen LogP contribution in [0.15, 0.2) is 23.1 Å². The summed E-state index contributed by atoms with van der Waals surface area (Å²) < 4.78 is 32.9. The van der Waals surface area contributed by atoms with E-state index in [2.05, 4.69) is 13.0 Å². The SMILES string of the molecule is CCCCCc1c(C2CCCCC2)cccc1S(=O)(=O)O. The quantitative estimate of drug-likeness (QED) is 0.611. The van der Waals surface area contributed by atoms with E-state index >= 15 is 0 Å². The molecule has 0 atom stereocenters. The summed E-state index contributed by atoms with van der Waals surface area (Å²) in [5.74, 6) is 0.456. The van der Waals surface area contributed by atoms with Crippen LogP contribution in [-0.2, 0) is 16.5 Å².